The Morgan fingerprint density at radius 3 is 2.58 bits per heavy atom. The maximum atomic E-state index is 12.6. The first kappa shape index (κ1) is 17.2. The number of para-hydroxylation sites is 1. The minimum absolute atomic E-state index is 0.0744. The van der Waals surface area contributed by atoms with Gasteiger partial charge in [-0.05, 0) is 18.2 Å². The second kappa shape index (κ2) is 7.51. The zero-order valence-corrected chi connectivity index (χ0v) is 14.2. The van der Waals surface area contributed by atoms with Gasteiger partial charge in [0.25, 0.3) is 5.56 Å². The number of nitrogens with zero attached hydrogens (tertiary/aromatic N) is 4. The lowest BCUT2D eigenvalue weighted by molar-refractivity contribution is 0.816. The number of nitrogens with one attached hydrogen (secondary N) is 1. The minimum atomic E-state index is -0.679. The zero-order valence-electron chi connectivity index (χ0n) is 13.4. The van der Waals surface area contributed by atoms with Crippen LogP contribution in [0, 0.1) is 11.3 Å². The number of aromatic nitrogens is 2. The van der Waals surface area contributed by atoms with Gasteiger partial charge in [0.15, 0.2) is 11.4 Å². The number of rotatable bonds is 4. The number of nitrogen functional groups attached to an aromatic ring is 1. The van der Waals surface area contributed by atoms with E-state index in [1.807, 2.05) is 24.3 Å². The summed E-state index contributed by atoms with van der Waals surface area (Å²) in [5, 5.41) is 16.8. The summed E-state index contributed by atoms with van der Waals surface area (Å²) in [7, 11) is 0. The van der Waals surface area contributed by atoms with Gasteiger partial charge in [0.2, 0.25) is 5.95 Å². The Labute approximate surface area is 154 Å². The molecule has 128 valence electrons. The van der Waals surface area contributed by atoms with Gasteiger partial charge in [-0.2, -0.15) is 20.0 Å². The average molecular weight is 365 g/mol. The van der Waals surface area contributed by atoms with E-state index in [2.05, 4.69) is 15.4 Å². The van der Waals surface area contributed by atoms with Crippen LogP contribution >= 0.6 is 11.6 Å². The molecule has 0 unspecified atom stereocenters. The maximum absolute atomic E-state index is 12.6. The van der Waals surface area contributed by atoms with Gasteiger partial charge in [0, 0.05) is 16.3 Å². The predicted molar refractivity (Wildman–Crippen MR) is 102 cm³/mol. The average Bonchev–Trinajstić information content (AvgIpc) is 2.64. The lowest BCUT2D eigenvalue weighted by atomic mass is 10.2. The van der Waals surface area contributed by atoms with Crippen molar-refractivity contribution < 1.29 is 0 Å². The number of halogens is 1. The topological polar surface area (TPSA) is 109 Å². The van der Waals surface area contributed by atoms with Crippen LogP contribution in [-0.4, -0.2) is 15.9 Å². The standard InChI is InChI=1S/C18H13ClN6O/c19-15-9-5-4-6-12(15)11-22-25-17(26)14(10-20)16(24-18(25)21)23-13-7-2-1-3-8-13/h1-9,11,23H,(H2,21,24)/b22-11+. The zero-order chi connectivity index (χ0) is 18.5. The number of anilines is 3. The molecule has 7 nitrogen and oxygen atoms in total. The SMILES string of the molecule is N#Cc1c(Nc2ccccc2)nc(N)n(/N=C/c2ccccc2Cl)c1=O. The van der Waals surface area contributed by atoms with Gasteiger partial charge in [-0.3, -0.25) is 4.79 Å². The van der Waals surface area contributed by atoms with Crippen LogP contribution < -0.4 is 16.6 Å². The Kier molecular flexibility index (Phi) is 4.97. The molecule has 0 saturated carbocycles. The summed E-state index contributed by atoms with van der Waals surface area (Å²) in [6.45, 7) is 0. The highest BCUT2D eigenvalue weighted by Gasteiger charge is 2.15. The van der Waals surface area contributed by atoms with Crippen LogP contribution in [-0.2, 0) is 0 Å². The smallest absolute Gasteiger partial charge is 0.295 e. The summed E-state index contributed by atoms with van der Waals surface area (Å²) < 4.78 is 0.859. The molecule has 0 fully saturated rings. The van der Waals surface area contributed by atoms with E-state index in [9.17, 15) is 10.1 Å². The van der Waals surface area contributed by atoms with Gasteiger partial charge in [-0.15, -0.1) is 0 Å². The van der Waals surface area contributed by atoms with Gasteiger partial charge in [-0.25, -0.2) is 0 Å². The number of nitriles is 1. The molecule has 3 N–H and O–H groups in total. The highest BCUT2D eigenvalue weighted by Crippen LogP contribution is 2.17. The van der Waals surface area contributed by atoms with Crippen molar-refractivity contribution in [1.82, 2.24) is 9.66 Å². The number of nitrogens with two attached hydrogens (primary N) is 1. The second-order valence-electron chi connectivity index (χ2n) is 5.18. The van der Waals surface area contributed by atoms with E-state index < -0.39 is 5.56 Å². The molecule has 0 aliphatic carbocycles. The third-order valence-electron chi connectivity index (χ3n) is 3.45. The van der Waals surface area contributed by atoms with E-state index in [4.69, 9.17) is 17.3 Å². The first-order chi connectivity index (χ1) is 12.6. The van der Waals surface area contributed by atoms with Gasteiger partial charge >= 0.3 is 0 Å². The van der Waals surface area contributed by atoms with Crippen molar-refractivity contribution in [3.8, 4) is 6.07 Å². The van der Waals surface area contributed by atoms with E-state index in [1.54, 1.807) is 36.4 Å². The largest absolute Gasteiger partial charge is 0.368 e. The number of benzene rings is 2. The maximum Gasteiger partial charge on any atom is 0.295 e. The molecule has 3 rings (SSSR count). The fraction of sp³-hybridized carbons (Fsp3) is 0. The molecule has 26 heavy (non-hydrogen) atoms. The molecule has 1 heterocycles. The van der Waals surface area contributed by atoms with E-state index in [1.165, 1.54) is 6.21 Å². The Hall–Kier alpha value is -3.63. The summed E-state index contributed by atoms with van der Waals surface area (Å²) in [5.41, 5.74) is 6.26. The fourth-order valence-electron chi connectivity index (χ4n) is 2.19. The van der Waals surface area contributed by atoms with Crippen LogP contribution in [0.1, 0.15) is 11.1 Å². The lowest BCUT2D eigenvalue weighted by Crippen LogP contribution is -2.25. The Morgan fingerprint density at radius 2 is 1.88 bits per heavy atom. The number of hydrogen-bond donors (Lipinski definition) is 2. The molecule has 8 heteroatoms. The Bertz CT molecular complexity index is 1070. The van der Waals surface area contributed by atoms with Crippen molar-refractivity contribution in [1.29, 1.82) is 5.26 Å². The van der Waals surface area contributed by atoms with Gasteiger partial charge in [-0.1, -0.05) is 48.0 Å². The van der Waals surface area contributed by atoms with Crippen LogP contribution in [0.3, 0.4) is 0 Å². The van der Waals surface area contributed by atoms with Crippen molar-refractivity contribution >= 4 is 35.3 Å². The molecule has 0 atom stereocenters. The molecule has 2 aromatic carbocycles. The van der Waals surface area contributed by atoms with Gasteiger partial charge in [0.1, 0.15) is 6.07 Å². The van der Waals surface area contributed by atoms with E-state index >= 15 is 0 Å². The van der Waals surface area contributed by atoms with Crippen molar-refractivity contribution in [2.24, 2.45) is 5.10 Å². The first-order valence-electron chi connectivity index (χ1n) is 7.53. The lowest BCUT2D eigenvalue weighted by Gasteiger charge is -2.10. The van der Waals surface area contributed by atoms with Crippen LogP contribution in [0.5, 0.6) is 0 Å². The van der Waals surface area contributed by atoms with Gasteiger partial charge in [0.05, 0.1) is 6.21 Å². The molecule has 0 aliphatic rings. The summed E-state index contributed by atoms with van der Waals surface area (Å²) in [5.74, 6) is -0.0823. The quantitative estimate of drug-likeness (QED) is 0.691. The molecule has 0 bridgehead atoms. The summed E-state index contributed by atoms with van der Waals surface area (Å²) in [4.78, 5) is 16.7. The van der Waals surface area contributed by atoms with E-state index in [0.29, 0.717) is 16.3 Å². The third-order valence-corrected chi connectivity index (χ3v) is 3.80. The molecule has 0 amide bonds. The second-order valence-corrected chi connectivity index (χ2v) is 5.59. The summed E-state index contributed by atoms with van der Waals surface area (Å²) in [6.07, 6.45) is 1.38. The van der Waals surface area contributed by atoms with Crippen LogP contribution in [0.25, 0.3) is 0 Å². The van der Waals surface area contributed by atoms with E-state index in [0.717, 1.165) is 4.68 Å². The van der Waals surface area contributed by atoms with Crippen molar-refractivity contribution in [3.63, 3.8) is 0 Å². The Morgan fingerprint density at radius 1 is 1.19 bits per heavy atom. The molecular weight excluding hydrogens is 352 g/mol. The van der Waals surface area contributed by atoms with Crippen molar-refractivity contribution in [3.05, 3.63) is 81.1 Å². The first-order valence-corrected chi connectivity index (χ1v) is 7.91. The predicted octanol–water partition coefficient (Wildman–Crippen LogP) is 2.98. The van der Waals surface area contributed by atoms with Crippen molar-refractivity contribution in [2.45, 2.75) is 0 Å². The normalized spacial score (nSPS) is 10.6. The number of hydrogen-bond acceptors (Lipinski definition) is 6. The van der Waals surface area contributed by atoms with Gasteiger partial charge < -0.3 is 11.1 Å². The molecule has 3 aromatic rings. The third kappa shape index (κ3) is 3.55. The van der Waals surface area contributed by atoms with Crippen LogP contribution in [0.4, 0.5) is 17.5 Å². The summed E-state index contributed by atoms with van der Waals surface area (Å²) in [6, 6.07) is 17.9. The Balaban J connectivity index is 2.02. The highest BCUT2D eigenvalue weighted by molar-refractivity contribution is 6.33. The highest BCUT2D eigenvalue weighted by atomic mass is 35.5. The fourth-order valence-corrected chi connectivity index (χ4v) is 2.37. The summed E-state index contributed by atoms with van der Waals surface area (Å²) >= 11 is 6.06. The molecule has 0 aliphatic heterocycles. The molecule has 0 spiro atoms. The molecule has 0 saturated heterocycles. The van der Waals surface area contributed by atoms with Crippen molar-refractivity contribution in [2.75, 3.05) is 11.1 Å². The van der Waals surface area contributed by atoms with Crippen LogP contribution in [0.2, 0.25) is 5.02 Å². The molecule has 1 aromatic heterocycles. The molecular formula is C18H13ClN6O. The molecule has 0 radical (unpaired) electrons. The van der Waals surface area contributed by atoms with E-state index in [-0.39, 0.29) is 17.3 Å². The minimum Gasteiger partial charge on any atom is -0.368 e. The monoisotopic (exact) mass is 364 g/mol. The van der Waals surface area contributed by atoms with Crippen LogP contribution in [0.15, 0.2) is 64.5 Å².